The minimum atomic E-state index is -0.392. The van der Waals surface area contributed by atoms with E-state index in [1.165, 1.54) is 24.3 Å². The Morgan fingerprint density at radius 1 is 0.783 bits per heavy atom. The summed E-state index contributed by atoms with van der Waals surface area (Å²) >= 11 is 0. The molecule has 2 amide bonds. The molecule has 0 aliphatic carbocycles. The number of halogens is 2. The molecule has 6 N–H and O–H groups in total. The summed E-state index contributed by atoms with van der Waals surface area (Å²) in [5.74, 6) is 1.60. The molecule has 5 aromatic rings. The van der Waals surface area contributed by atoms with Gasteiger partial charge in [0.05, 0.1) is 28.2 Å². The molecule has 0 unspecified atom stereocenters. The molecule has 7 rings (SSSR count). The van der Waals surface area contributed by atoms with Crippen LogP contribution in [0.4, 0.5) is 31.8 Å². The van der Waals surface area contributed by atoms with Crippen molar-refractivity contribution in [3.05, 3.63) is 107 Å². The van der Waals surface area contributed by atoms with Gasteiger partial charge < -0.3 is 25.7 Å². The number of nitrogens with one attached hydrogen (secondary N) is 6. The second-order valence-corrected chi connectivity index (χ2v) is 11.6. The highest BCUT2D eigenvalue weighted by Crippen LogP contribution is 2.35. The van der Waals surface area contributed by atoms with Crippen molar-refractivity contribution in [1.29, 1.82) is 0 Å². The fourth-order valence-corrected chi connectivity index (χ4v) is 4.90. The lowest BCUT2D eigenvalue weighted by Gasteiger charge is -2.13. The van der Waals surface area contributed by atoms with Crippen LogP contribution in [0.25, 0.3) is 22.4 Å². The summed E-state index contributed by atoms with van der Waals surface area (Å²) in [4.78, 5) is 23.9. The first-order chi connectivity index (χ1) is 22.0. The predicted molar refractivity (Wildman–Crippen MR) is 172 cm³/mol. The molecule has 5 heterocycles. The van der Waals surface area contributed by atoms with Crippen LogP contribution in [0, 0.1) is 18.6 Å². The van der Waals surface area contributed by atoms with Crippen molar-refractivity contribution in [3.63, 3.8) is 0 Å². The van der Waals surface area contributed by atoms with E-state index in [1.54, 1.807) is 36.8 Å². The summed E-state index contributed by atoms with van der Waals surface area (Å²) in [6.07, 6.45) is 4.80. The molecule has 46 heavy (non-hydrogen) atoms. The number of aromatic nitrogens is 4. The first-order valence-corrected chi connectivity index (χ1v) is 14.3. The number of carbonyl (C=O) groups excluding carboxylic acids is 2. The average Bonchev–Trinajstić information content (AvgIpc) is 3.82. The van der Waals surface area contributed by atoms with E-state index >= 15 is 0 Å². The number of carbonyl (C=O) groups is 2. The molecule has 0 saturated heterocycles. The zero-order valence-electron chi connectivity index (χ0n) is 25.3. The van der Waals surface area contributed by atoms with Crippen molar-refractivity contribution < 1.29 is 22.8 Å². The van der Waals surface area contributed by atoms with Crippen LogP contribution in [-0.4, -0.2) is 32.2 Å². The number of benzene rings is 2. The van der Waals surface area contributed by atoms with Gasteiger partial charge in [0, 0.05) is 52.8 Å². The van der Waals surface area contributed by atoms with E-state index in [0.717, 1.165) is 22.8 Å². The topological polar surface area (TPSA) is 153 Å². The number of amides is 2. The average molecular weight is 625 g/mol. The van der Waals surface area contributed by atoms with E-state index in [4.69, 9.17) is 4.42 Å². The van der Waals surface area contributed by atoms with Crippen LogP contribution in [0.3, 0.4) is 0 Å². The smallest absolute Gasteiger partial charge is 0.257 e. The van der Waals surface area contributed by atoms with Gasteiger partial charge >= 0.3 is 0 Å². The first-order valence-electron chi connectivity index (χ1n) is 14.3. The van der Waals surface area contributed by atoms with Crippen LogP contribution in [0.15, 0.2) is 77.6 Å². The zero-order chi connectivity index (χ0) is 32.6. The molecule has 2 aliphatic heterocycles. The summed E-state index contributed by atoms with van der Waals surface area (Å²) < 4.78 is 32.2. The quantitative estimate of drug-likeness (QED) is 0.118. The number of nitrogens with zero attached hydrogens (tertiary/aromatic N) is 2. The number of furan rings is 1. The standard InChI is InChI=1S/C21H21FN4O2.C12H9FN4O/c1-11-14(8-18(28-11)21(2,3)4)17-9-19(26-25-17)23-10-15-13-6-5-12(22)7-16(13)24-20(15)27;13-7-1-2-8-9(12(18)16-10(8)5-7)6-14-11-3-4-15-17-11/h5-10H,1-4H3,(H,24,27)(H2,23,25,26);1-6H,(H,16,18)(H2,14,15,17). The van der Waals surface area contributed by atoms with E-state index in [-0.39, 0.29) is 23.0 Å². The minimum Gasteiger partial charge on any atom is -0.465 e. The minimum absolute atomic E-state index is 0.0898. The van der Waals surface area contributed by atoms with Crippen LogP contribution >= 0.6 is 0 Å². The summed E-state index contributed by atoms with van der Waals surface area (Å²) in [6.45, 7) is 8.19. The van der Waals surface area contributed by atoms with Crippen molar-refractivity contribution in [2.24, 2.45) is 0 Å². The number of rotatable bonds is 5. The Kier molecular flexibility index (Phi) is 7.74. The molecule has 234 valence electrons. The molecule has 13 heteroatoms. The SMILES string of the molecule is Cc1oc(C(C)(C)C)cc1-c1cc(NC=C2C(=O)Nc3cc(F)ccc32)[nH]n1.O=C1Nc2cc(F)ccc2C1=CNc1cc[nH]n1. The maximum atomic E-state index is 13.3. The maximum Gasteiger partial charge on any atom is 0.257 e. The molecule has 3 aromatic heterocycles. The number of hydrogen-bond acceptors (Lipinski definition) is 7. The van der Waals surface area contributed by atoms with E-state index in [0.29, 0.717) is 45.3 Å². The van der Waals surface area contributed by atoms with Crippen molar-refractivity contribution in [2.45, 2.75) is 33.1 Å². The highest BCUT2D eigenvalue weighted by atomic mass is 19.1. The Hall–Kier alpha value is -5.98. The fraction of sp³-hybridized carbons (Fsp3) is 0.152. The van der Waals surface area contributed by atoms with Gasteiger partial charge in [0.15, 0.2) is 5.82 Å². The van der Waals surface area contributed by atoms with Crippen LogP contribution in [-0.2, 0) is 15.0 Å². The third-order valence-electron chi connectivity index (χ3n) is 7.28. The van der Waals surface area contributed by atoms with Gasteiger partial charge in [-0.2, -0.15) is 10.2 Å². The molecule has 2 aliphatic rings. The first kappa shape index (κ1) is 30.1. The molecule has 0 saturated carbocycles. The van der Waals surface area contributed by atoms with Crippen molar-refractivity contribution in [2.75, 3.05) is 21.3 Å². The Balaban J connectivity index is 0.000000178. The third-order valence-corrected chi connectivity index (χ3v) is 7.28. The van der Waals surface area contributed by atoms with Crippen molar-refractivity contribution >= 4 is 46.0 Å². The Morgan fingerprint density at radius 3 is 1.93 bits per heavy atom. The Morgan fingerprint density at radius 2 is 1.39 bits per heavy atom. The maximum absolute atomic E-state index is 13.3. The lowest BCUT2D eigenvalue weighted by molar-refractivity contribution is -0.111. The molecule has 0 atom stereocenters. The van der Waals surface area contributed by atoms with Gasteiger partial charge in [-0.25, -0.2) is 8.78 Å². The van der Waals surface area contributed by atoms with Gasteiger partial charge in [-0.3, -0.25) is 19.8 Å². The molecule has 0 radical (unpaired) electrons. The summed E-state index contributed by atoms with van der Waals surface area (Å²) in [6, 6.07) is 14.0. The van der Waals surface area contributed by atoms with Crippen molar-refractivity contribution in [3.8, 4) is 11.3 Å². The normalized spacial score (nSPS) is 15.3. The predicted octanol–water partition coefficient (Wildman–Crippen LogP) is 6.77. The van der Waals surface area contributed by atoms with E-state index in [9.17, 15) is 18.4 Å². The lowest BCUT2D eigenvalue weighted by atomic mass is 9.93. The van der Waals surface area contributed by atoms with Crippen LogP contribution in [0.5, 0.6) is 0 Å². The van der Waals surface area contributed by atoms with Gasteiger partial charge in [-0.05, 0) is 49.4 Å². The molecule has 2 aromatic carbocycles. The van der Waals surface area contributed by atoms with Crippen LogP contribution in [0.1, 0.15) is 43.4 Å². The van der Waals surface area contributed by atoms with E-state index < -0.39 is 5.82 Å². The van der Waals surface area contributed by atoms with Gasteiger partial charge in [-0.1, -0.05) is 20.8 Å². The fourth-order valence-electron chi connectivity index (χ4n) is 4.90. The monoisotopic (exact) mass is 624 g/mol. The number of hydrogen-bond donors (Lipinski definition) is 6. The number of anilines is 4. The number of aryl methyl sites for hydroxylation is 1. The molecule has 0 fully saturated rings. The van der Waals surface area contributed by atoms with E-state index in [1.807, 2.05) is 19.1 Å². The number of aromatic amines is 2. The largest absolute Gasteiger partial charge is 0.465 e. The zero-order valence-corrected chi connectivity index (χ0v) is 25.3. The highest BCUT2D eigenvalue weighted by molar-refractivity contribution is 6.32. The van der Waals surface area contributed by atoms with Gasteiger partial charge in [0.2, 0.25) is 0 Å². The lowest BCUT2D eigenvalue weighted by Crippen LogP contribution is -2.09. The van der Waals surface area contributed by atoms with Gasteiger partial charge in [0.25, 0.3) is 11.8 Å². The van der Waals surface area contributed by atoms with Crippen LogP contribution < -0.4 is 21.3 Å². The molecular weight excluding hydrogens is 594 g/mol. The second-order valence-electron chi connectivity index (χ2n) is 11.6. The summed E-state index contributed by atoms with van der Waals surface area (Å²) in [5, 5.41) is 25.0. The Bertz CT molecular complexity index is 2020. The highest BCUT2D eigenvalue weighted by Gasteiger charge is 2.26. The molecular formula is C33H30F2N8O3. The van der Waals surface area contributed by atoms with Crippen molar-refractivity contribution in [1.82, 2.24) is 20.4 Å². The molecule has 0 bridgehead atoms. The van der Waals surface area contributed by atoms with E-state index in [2.05, 4.69) is 62.4 Å². The third kappa shape index (κ3) is 6.15. The van der Waals surface area contributed by atoms with Crippen LogP contribution in [0.2, 0.25) is 0 Å². The Labute approximate surface area is 262 Å². The summed E-state index contributed by atoms with van der Waals surface area (Å²) in [7, 11) is 0. The molecule has 11 nitrogen and oxygen atoms in total. The molecule has 0 spiro atoms. The van der Waals surface area contributed by atoms with Gasteiger partial charge in [0.1, 0.15) is 29.0 Å². The summed E-state index contributed by atoms with van der Waals surface area (Å²) in [5.41, 5.74) is 4.73. The number of H-pyrrole nitrogens is 2. The number of fused-ring (bicyclic) bond motifs is 2. The van der Waals surface area contributed by atoms with Gasteiger partial charge in [-0.15, -0.1) is 0 Å². The second kappa shape index (κ2) is 11.8.